The van der Waals surface area contributed by atoms with Crippen molar-refractivity contribution in [3.8, 4) is 0 Å². The molecule has 2 heteroatoms. The third-order valence-corrected chi connectivity index (χ3v) is 3.43. The maximum absolute atomic E-state index is 11.8. The van der Waals surface area contributed by atoms with E-state index in [0.29, 0.717) is 11.4 Å². The lowest BCUT2D eigenvalue weighted by Gasteiger charge is -2.02. The number of hydrogen-bond acceptors (Lipinski definition) is 1. The number of rotatable bonds is 9. The van der Waals surface area contributed by atoms with Crippen LogP contribution in [0.25, 0.3) is 0 Å². The van der Waals surface area contributed by atoms with Crippen molar-refractivity contribution in [3.63, 3.8) is 0 Å². The Labute approximate surface area is 116 Å². The van der Waals surface area contributed by atoms with Gasteiger partial charge in [-0.3, -0.25) is 4.79 Å². The lowest BCUT2D eigenvalue weighted by Crippen LogP contribution is -1.98. The summed E-state index contributed by atoms with van der Waals surface area (Å²) in [5, 5.41) is 0.683. The van der Waals surface area contributed by atoms with Gasteiger partial charge >= 0.3 is 0 Å². The summed E-state index contributed by atoms with van der Waals surface area (Å²) in [4.78, 5) is 11.8. The van der Waals surface area contributed by atoms with Crippen LogP contribution < -0.4 is 0 Å². The van der Waals surface area contributed by atoms with Crippen LogP contribution in [0, 0.1) is 0 Å². The number of carbonyl (C=O) groups excluding carboxylic acids is 1. The molecule has 0 amide bonds. The molecular weight excluding hydrogens is 244 g/mol. The third kappa shape index (κ3) is 6.20. The van der Waals surface area contributed by atoms with Crippen LogP contribution in [0.15, 0.2) is 24.3 Å². The van der Waals surface area contributed by atoms with E-state index >= 15 is 0 Å². The number of benzene rings is 1. The van der Waals surface area contributed by atoms with Crippen LogP contribution in [0.3, 0.4) is 0 Å². The van der Waals surface area contributed by atoms with E-state index in [1.807, 2.05) is 12.1 Å². The number of unbranched alkanes of at least 4 members (excludes halogenated alkanes) is 6. The van der Waals surface area contributed by atoms with E-state index in [2.05, 4.69) is 6.92 Å². The zero-order valence-electron chi connectivity index (χ0n) is 11.3. The molecule has 0 saturated heterocycles. The molecule has 0 aliphatic rings. The molecule has 0 radical (unpaired) electrons. The second-order valence-corrected chi connectivity index (χ2v) is 5.24. The number of Topliss-reactive ketones (excluding diaryl/α,β-unsaturated/α-hetero) is 1. The van der Waals surface area contributed by atoms with Gasteiger partial charge in [0.05, 0.1) is 0 Å². The number of halogens is 1. The van der Waals surface area contributed by atoms with Gasteiger partial charge in [0.25, 0.3) is 0 Å². The molecular formula is C16H23ClO. The van der Waals surface area contributed by atoms with Crippen molar-refractivity contribution in [2.75, 3.05) is 0 Å². The predicted molar refractivity (Wildman–Crippen MR) is 78.4 cm³/mol. The Hall–Kier alpha value is -0.820. The fourth-order valence-electron chi connectivity index (χ4n) is 2.02. The molecule has 0 aliphatic carbocycles. The highest BCUT2D eigenvalue weighted by Crippen LogP contribution is 2.14. The molecule has 0 fully saturated rings. The molecule has 1 aromatic carbocycles. The van der Waals surface area contributed by atoms with Gasteiger partial charge in [0.15, 0.2) is 5.78 Å². The summed E-state index contributed by atoms with van der Waals surface area (Å²) >= 11 is 5.79. The second-order valence-electron chi connectivity index (χ2n) is 4.80. The quantitative estimate of drug-likeness (QED) is 0.416. The van der Waals surface area contributed by atoms with E-state index < -0.39 is 0 Å². The lowest BCUT2D eigenvalue weighted by molar-refractivity contribution is 0.0979. The first kappa shape index (κ1) is 15.2. The molecule has 100 valence electrons. The summed E-state index contributed by atoms with van der Waals surface area (Å²) in [5.41, 5.74) is 0.783. The Morgan fingerprint density at radius 1 is 0.944 bits per heavy atom. The fraction of sp³-hybridized carbons (Fsp3) is 0.562. The summed E-state index contributed by atoms with van der Waals surface area (Å²) in [6, 6.07) is 7.18. The van der Waals surface area contributed by atoms with Gasteiger partial charge in [-0.25, -0.2) is 0 Å². The van der Waals surface area contributed by atoms with E-state index in [1.54, 1.807) is 12.1 Å². The van der Waals surface area contributed by atoms with Gasteiger partial charge in [0.1, 0.15) is 0 Å². The van der Waals surface area contributed by atoms with E-state index in [9.17, 15) is 4.79 Å². The molecule has 1 nitrogen and oxygen atoms in total. The molecule has 18 heavy (non-hydrogen) atoms. The van der Waals surface area contributed by atoms with Crippen molar-refractivity contribution >= 4 is 17.4 Å². The van der Waals surface area contributed by atoms with Crippen molar-refractivity contribution in [1.29, 1.82) is 0 Å². The summed E-state index contributed by atoms with van der Waals surface area (Å²) < 4.78 is 0. The molecule has 1 aromatic rings. The predicted octanol–water partition coefficient (Wildman–Crippen LogP) is 5.66. The van der Waals surface area contributed by atoms with E-state index in [-0.39, 0.29) is 5.78 Å². The maximum Gasteiger partial charge on any atom is 0.162 e. The van der Waals surface area contributed by atoms with Crippen LogP contribution >= 0.6 is 11.6 Å². The minimum atomic E-state index is 0.236. The van der Waals surface area contributed by atoms with Crippen molar-refractivity contribution < 1.29 is 4.79 Å². The van der Waals surface area contributed by atoms with Crippen LogP contribution in [-0.4, -0.2) is 5.78 Å². The molecule has 0 atom stereocenters. The Balaban J connectivity index is 2.12. The minimum Gasteiger partial charge on any atom is -0.294 e. The zero-order chi connectivity index (χ0) is 13.2. The number of hydrogen-bond donors (Lipinski definition) is 0. The van der Waals surface area contributed by atoms with Crippen molar-refractivity contribution in [3.05, 3.63) is 34.9 Å². The highest BCUT2D eigenvalue weighted by Gasteiger charge is 2.04. The zero-order valence-corrected chi connectivity index (χ0v) is 12.0. The maximum atomic E-state index is 11.8. The molecule has 1 rings (SSSR count). The van der Waals surface area contributed by atoms with Gasteiger partial charge in [-0.2, -0.15) is 0 Å². The SMILES string of the molecule is CCCCCCCCCC(=O)c1ccc(Cl)cc1. The third-order valence-electron chi connectivity index (χ3n) is 3.17. The van der Waals surface area contributed by atoms with Crippen LogP contribution in [0.1, 0.15) is 68.6 Å². The lowest BCUT2D eigenvalue weighted by atomic mass is 10.0. The van der Waals surface area contributed by atoms with Crippen molar-refractivity contribution in [1.82, 2.24) is 0 Å². The van der Waals surface area contributed by atoms with Crippen molar-refractivity contribution in [2.45, 2.75) is 58.3 Å². The monoisotopic (exact) mass is 266 g/mol. The molecule has 0 spiro atoms. The van der Waals surface area contributed by atoms with Crippen LogP contribution in [0.5, 0.6) is 0 Å². The molecule has 0 bridgehead atoms. The van der Waals surface area contributed by atoms with Crippen molar-refractivity contribution in [2.24, 2.45) is 0 Å². The first-order valence-electron chi connectivity index (χ1n) is 7.03. The van der Waals surface area contributed by atoms with Gasteiger partial charge < -0.3 is 0 Å². The van der Waals surface area contributed by atoms with Gasteiger partial charge in [0, 0.05) is 17.0 Å². The Bertz CT molecular complexity index is 343. The van der Waals surface area contributed by atoms with Crippen LogP contribution in [0.4, 0.5) is 0 Å². The molecule has 0 N–H and O–H groups in total. The average molecular weight is 267 g/mol. The Morgan fingerprint density at radius 3 is 2.11 bits per heavy atom. The smallest absolute Gasteiger partial charge is 0.162 e. The molecule has 0 aliphatic heterocycles. The first-order valence-corrected chi connectivity index (χ1v) is 7.40. The molecule has 0 aromatic heterocycles. The van der Waals surface area contributed by atoms with Crippen LogP contribution in [0.2, 0.25) is 5.02 Å². The highest BCUT2D eigenvalue weighted by atomic mass is 35.5. The van der Waals surface area contributed by atoms with E-state index in [0.717, 1.165) is 12.0 Å². The number of ketones is 1. The molecule has 0 unspecified atom stereocenters. The average Bonchev–Trinajstić information content (AvgIpc) is 2.38. The van der Waals surface area contributed by atoms with Gasteiger partial charge in [-0.15, -0.1) is 0 Å². The minimum absolute atomic E-state index is 0.236. The summed E-state index contributed by atoms with van der Waals surface area (Å²) in [6.45, 7) is 2.23. The first-order chi connectivity index (χ1) is 8.74. The second kappa shape index (κ2) is 9.16. The van der Waals surface area contributed by atoms with Crippen LogP contribution in [-0.2, 0) is 0 Å². The number of carbonyl (C=O) groups is 1. The normalized spacial score (nSPS) is 10.6. The standard InChI is InChI=1S/C16H23ClO/c1-2-3-4-5-6-7-8-9-16(18)14-10-12-15(17)13-11-14/h10-13H,2-9H2,1H3. The van der Waals surface area contributed by atoms with Gasteiger partial charge in [-0.1, -0.05) is 57.0 Å². The summed E-state index contributed by atoms with van der Waals surface area (Å²) in [5.74, 6) is 0.236. The molecule has 0 saturated carbocycles. The van der Waals surface area contributed by atoms with E-state index in [1.165, 1.54) is 38.5 Å². The Morgan fingerprint density at radius 2 is 1.50 bits per heavy atom. The van der Waals surface area contributed by atoms with Gasteiger partial charge in [0.2, 0.25) is 0 Å². The topological polar surface area (TPSA) is 17.1 Å². The largest absolute Gasteiger partial charge is 0.294 e. The van der Waals surface area contributed by atoms with Gasteiger partial charge in [-0.05, 0) is 30.7 Å². The summed E-state index contributed by atoms with van der Waals surface area (Å²) in [7, 11) is 0. The highest BCUT2D eigenvalue weighted by molar-refractivity contribution is 6.30. The Kier molecular flexibility index (Phi) is 7.75. The molecule has 0 heterocycles. The summed E-state index contributed by atoms with van der Waals surface area (Å²) in [6.07, 6.45) is 9.36. The fourth-order valence-corrected chi connectivity index (χ4v) is 2.15. The van der Waals surface area contributed by atoms with E-state index in [4.69, 9.17) is 11.6 Å².